The molecule has 0 radical (unpaired) electrons. The average Bonchev–Trinajstić information content (AvgIpc) is 3.36. The molecular formula is C22H24N4O4. The number of carbonyl (C=O) groups is 2. The first-order valence-electron chi connectivity index (χ1n) is 10.1. The number of nitrogens with zero attached hydrogens (tertiary/aromatic N) is 3. The summed E-state index contributed by atoms with van der Waals surface area (Å²) in [7, 11) is 0. The van der Waals surface area contributed by atoms with E-state index in [0.29, 0.717) is 24.7 Å². The minimum atomic E-state index is -0.960. The summed E-state index contributed by atoms with van der Waals surface area (Å²) in [5.41, 5.74) is 6.18. The van der Waals surface area contributed by atoms with Crippen LogP contribution in [0.15, 0.2) is 42.5 Å². The number of aromatic nitrogens is 2. The van der Waals surface area contributed by atoms with Crippen molar-refractivity contribution < 1.29 is 19.4 Å². The van der Waals surface area contributed by atoms with Crippen LogP contribution in [0.5, 0.6) is 6.01 Å². The number of ether oxygens (including phenoxy) is 1. The van der Waals surface area contributed by atoms with Gasteiger partial charge in [0.15, 0.2) is 0 Å². The van der Waals surface area contributed by atoms with Crippen molar-refractivity contribution in [3.8, 4) is 6.01 Å². The number of amides is 1. The normalized spacial score (nSPS) is 14.2. The van der Waals surface area contributed by atoms with Crippen LogP contribution in [0.2, 0.25) is 0 Å². The van der Waals surface area contributed by atoms with Gasteiger partial charge < -0.3 is 9.84 Å². The van der Waals surface area contributed by atoms with E-state index in [9.17, 15) is 9.59 Å². The molecule has 0 atom stereocenters. The molecule has 8 nitrogen and oxygen atoms in total. The lowest BCUT2D eigenvalue weighted by molar-refractivity contribution is 0.0696. The van der Waals surface area contributed by atoms with Crippen LogP contribution in [0.1, 0.15) is 46.0 Å². The van der Waals surface area contributed by atoms with Crippen LogP contribution >= 0.6 is 0 Å². The van der Waals surface area contributed by atoms with Crippen LogP contribution in [0.3, 0.4) is 0 Å². The highest BCUT2D eigenvalue weighted by Gasteiger charge is 2.18. The zero-order valence-corrected chi connectivity index (χ0v) is 16.8. The highest BCUT2D eigenvalue weighted by atomic mass is 16.5. The predicted molar refractivity (Wildman–Crippen MR) is 112 cm³/mol. The molecule has 1 fully saturated rings. The summed E-state index contributed by atoms with van der Waals surface area (Å²) < 4.78 is 7.62. The lowest BCUT2D eigenvalue weighted by atomic mass is 10.1. The predicted octanol–water partition coefficient (Wildman–Crippen LogP) is 2.92. The highest BCUT2D eigenvalue weighted by molar-refractivity contribution is 5.97. The Morgan fingerprint density at radius 3 is 2.47 bits per heavy atom. The smallest absolute Gasteiger partial charge is 0.335 e. The molecule has 156 valence electrons. The number of hydrazine groups is 1. The molecule has 2 aromatic carbocycles. The molecule has 0 unspecified atom stereocenters. The zero-order chi connectivity index (χ0) is 21.1. The molecule has 1 saturated heterocycles. The van der Waals surface area contributed by atoms with Gasteiger partial charge in [0.2, 0.25) is 0 Å². The Morgan fingerprint density at radius 2 is 1.80 bits per heavy atom. The molecule has 0 saturated carbocycles. The van der Waals surface area contributed by atoms with Crippen molar-refractivity contribution in [2.75, 3.05) is 19.7 Å². The molecule has 8 heteroatoms. The molecule has 0 bridgehead atoms. The first-order chi connectivity index (χ1) is 14.5. The number of benzene rings is 2. The number of fused-ring (bicyclic) bond motifs is 1. The minimum absolute atomic E-state index is 0.143. The molecule has 2 heterocycles. The Balaban J connectivity index is 1.65. The van der Waals surface area contributed by atoms with Gasteiger partial charge in [0.05, 0.1) is 29.7 Å². The number of carboxylic acids is 1. The number of carbonyl (C=O) groups excluding carboxylic acids is 1. The SMILES string of the molecule is CCOc1nc2ccc(C(=O)NN3CCCC3)cc2n1Cc1ccc(C(=O)O)cc1. The summed E-state index contributed by atoms with van der Waals surface area (Å²) in [6, 6.07) is 12.6. The van der Waals surface area contributed by atoms with Gasteiger partial charge in [0, 0.05) is 18.7 Å². The number of nitrogens with one attached hydrogen (secondary N) is 1. The van der Waals surface area contributed by atoms with Crippen molar-refractivity contribution in [2.24, 2.45) is 0 Å². The second kappa shape index (κ2) is 8.54. The zero-order valence-electron chi connectivity index (χ0n) is 16.8. The maximum atomic E-state index is 12.7. The van der Waals surface area contributed by atoms with E-state index in [1.807, 2.05) is 28.6 Å². The van der Waals surface area contributed by atoms with Gasteiger partial charge in [-0.1, -0.05) is 12.1 Å². The number of hydrogen-bond acceptors (Lipinski definition) is 5. The van der Waals surface area contributed by atoms with E-state index in [1.165, 1.54) is 0 Å². The Kier molecular flexibility index (Phi) is 5.67. The third-order valence-corrected chi connectivity index (χ3v) is 5.16. The van der Waals surface area contributed by atoms with Crippen LogP contribution in [0, 0.1) is 0 Å². The number of imidazole rings is 1. The van der Waals surface area contributed by atoms with Crippen LogP contribution in [0.25, 0.3) is 11.0 Å². The van der Waals surface area contributed by atoms with Crippen molar-refractivity contribution in [3.05, 3.63) is 59.2 Å². The molecule has 1 aliphatic heterocycles. The first kappa shape index (κ1) is 19.9. The van der Waals surface area contributed by atoms with E-state index in [1.54, 1.807) is 30.3 Å². The largest absolute Gasteiger partial charge is 0.478 e. The topological polar surface area (TPSA) is 96.7 Å². The Bertz CT molecular complexity index is 1070. The fourth-order valence-electron chi connectivity index (χ4n) is 3.61. The summed E-state index contributed by atoms with van der Waals surface area (Å²) in [5, 5.41) is 11.0. The maximum Gasteiger partial charge on any atom is 0.335 e. The van der Waals surface area contributed by atoms with Crippen molar-refractivity contribution in [1.82, 2.24) is 20.0 Å². The third kappa shape index (κ3) is 4.13. The Hall–Kier alpha value is -3.39. The first-order valence-corrected chi connectivity index (χ1v) is 10.1. The van der Waals surface area contributed by atoms with Crippen LogP contribution in [0.4, 0.5) is 0 Å². The van der Waals surface area contributed by atoms with Gasteiger partial charge >= 0.3 is 5.97 Å². The molecule has 4 rings (SSSR count). The molecule has 0 spiro atoms. The van der Waals surface area contributed by atoms with Gasteiger partial charge in [0.1, 0.15) is 0 Å². The lowest BCUT2D eigenvalue weighted by Crippen LogP contribution is -2.39. The molecule has 1 amide bonds. The van der Waals surface area contributed by atoms with E-state index < -0.39 is 5.97 Å². The van der Waals surface area contributed by atoms with Gasteiger partial charge in [-0.3, -0.25) is 14.8 Å². The number of aromatic carboxylic acids is 1. The summed E-state index contributed by atoms with van der Waals surface area (Å²) in [6.45, 7) is 4.53. The van der Waals surface area contributed by atoms with Crippen LogP contribution in [-0.2, 0) is 6.54 Å². The second-order valence-electron chi connectivity index (χ2n) is 7.25. The molecular weight excluding hydrogens is 384 g/mol. The maximum absolute atomic E-state index is 12.7. The fraction of sp³-hybridized carbons (Fsp3) is 0.318. The standard InChI is InChI=1S/C22H24N4O4/c1-2-30-22-23-18-10-9-17(20(27)24-25-11-3-4-12-25)13-19(18)26(22)14-15-5-7-16(8-6-15)21(28)29/h5-10,13H,2-4,11-12,14H2,1H3,(H,24,27)(H,28,29). The Labute approximate surface area is 174 Å². The van der Waals surface area contributed by atoms with E-state index >= 15 is 0 Å². The van der Waals surface area contributed by atoms with Crippen LogP contribution < -0.4 is 10.2 Å². The van der Waals surface area contributed by atoms with Gasteiger partial charge in [-0.15, -0.1) is 0 Å². The second-order valence-corrected chi connectivity index (χ2v) is 7.25. The summed E-state index contributed by atoms with van der Waals surface area (Å²) >= 11 is 0. The fourth-order valence-corrected chi connectivity index (χ4v) is 3.61. The summed E-state index contributed by atoms with van der Waals surface area (Å²) in [4.78, 5) is 28.3. The van der Waals surface area contributed by atoms with Gasteiger partial charge in [0.25, 0.3) is 11.9 Å². The van der Waals surface area contributed by atoms with E-state index in [4.69, 9.17) is 9.84 Å². The molecule has 1 aliphatic rings. The molecule has 0 aliphatic carbocycles. The lowest BCUT2D eigenvalue weighted by Gasteiger charge is -2.16. The highest BCUT2D eigenvalue weighted by Crippen LogP contribution is 2.24. The van der Waals surface area contributed by atoms with Crippen molar-refractivity contribution in [2.45, 2.75) is 26.3 Å². The third-order valence-electron chi connectivity index (χ3n) is 5.16. The summed E-state index contributed by atoms with van der Waals surface area (Å²) in [5.74, 6) is -1.10. The van der Waals surface area contributed by atoms with E-state index in [-0.39, 0.29) is 11.5 Å². The van der Waals surface area contributed by atoms with Crippen LogP contribution in [-0.4, -0.2) is 51.2 Å². The quantitative estimate of drug-likeness (QED) is 0.624. The van der Waals surface area contributed by atoms with Crippen molar-refractivity contribution in [1.29, 1.82) is 0 Å². The van der Waals surface area contributed by atoms with Crippen molar-refractivity contribution in [3.63, 3.8) is 0 Å². The van der Waals surface area contributed by atoms with Gasteiger partial charge in [-0.2, -0.15) is 4.98 Å². The monoisotopic (exact) mass is 408 g/mol. The number of hydrogen-bond donors (Lipinski definition) is 2. The summed E-state index contributed by atoms with van der Waals surface area (Å²) in [6.07, 6.45) is 2.18. The Morgan fingerprint density at radius 1 is 1.10 bits per heavy atom. The van der Waals surface area contributed by atoms with E-state index in [2.05, 4.69) is 10.4 Å². The molecule has 2 N–H and O–H groups in total. The van der Waals surface area contributed by atoms with Gasteiger partial charge in [-0.25, -0.2) is 9.80 Å². The number of rotatable bonds is 7. The van der Waals surface area contributed by atoms with E-state index in [0.717, 1.165) is 42.5 Å². The molecule has 1 aromatic heterocycles. The average molecular weight is 408 g/mol. The molecule has 3 aromatic rings. The minimum Gasteiger partial charge on any atom is -0.478 e. The molecule has 30 heavy (non-hydrogen) atoms. The van der Waals surface area contributed by atoms with Crippen molar-refractivity contribution >= 4 is 22.9 Å². The van der Waals surface area contributed by atoms with Gasteiger partial charge in [-0.05, 0) is 55.7 Å². The number of carboxylic acid groups (broad SMARTS) is 1.